The van der Waals surface area contributed by atoms with Gasteiger partial charge in [0.15, 0.2) is 0 Å². The average molecular weight is 316 g/mol. The minimum Gasteiger partial charge on any atom is -0.113 e. The van der Waals surface area contributed by atoms with E-state index in [1.165, 1.54) is 0 Å². The van der Waals surface area contributed by atoms with Crippen LogP contribution in [0.25, 0.3) is 0 Å². The zero-order valence-corrected chi connectivity index (χ0v) is 11.4. The van der Waals surface area contributed by atoms with Crippen molar-refractivity contribution < 1.29 is 0 Å². The van der Waals surface area contributed by atoms with Crippen LogP contribution in [0, 0.1) is 0 Å². The average Bonchev–Trinajstić information content (AvgIpc) is 2.30. The Morgan fingerprint density at radius 1 is 0.938 bits per heavy atom. The lowest BCUT2D eigenvalue weighted by atomic mass is 10.0. The van der Waals surface area contributed by atoms with E-state index in [2.05, 4.69) is 15.9 Å². The van der Waals surface area contributed by atoms with Gasteiger partial charge in [0.05, 0.1) is 5.38 Å². The maximum atomic E-state index is 6.42. The van der Waals surface area contributed by atoms with Gasteiger partial charge in [0, 0.05) is 9.50 Å². The van der Waals surface area contributed by atoms with Crippen LogP contribution < -0.4 is 0 Å². The van der Waals surface area contributed by atoms with Crippen molar-refractivity contribution >= 4 is 39.1 Å². The molecule has 0 fully saturated rings. The van der Waals surface area contributed by atoms with Crippen molar-refractivity contribution in [3.63, 3.8) is 0 Å². The third kappa shape index (κ3) is 2.60. The van der Waals surface area contributed by atoms with Gasteiger partial charge < -0.3 is 0 Å². The van der Waals surface area contributed by atoms with Crippen LogP contribution in [-0.2, 0) is 0 Å². The summed E-state index contributed by atoms with van der Waals surface area (Å²) in [6, 6.07) is 15.5. The molecule has 0 spiro atoms. The van der Waals surface area contributed by atoms with Crippen molar-refractivity contribution in [2.75, 3.05) is 0 Å². The first-order valence-electron chi connectivity index (χ1n) is 4.82. The molecule has 0 heterocycles. The zero-order chi connectivity index (χ0) is 11.5. The second kappa shape index (κ2) is 5.22. The van der Waals surface area contributed by atoms with E-state index in [0.717, 1.165) is 20.6 Å². The van der Waals surface area contributed by atoms with E-state index in [4.69, 9.17) is 23.2 Å². The molecular weight excluding hydrogens is 307 g/mol. The molecule has 0 aromatic heterocycles. The Morgan fingerprint density at radius 3 is 2.19 bits per heavy atom. The van der Waals surface area contributed by atoms with Crippen molar-refractivity contribution in [3.8, 4) is 0 Å². The van der Waals surface area contributed by atoms with Crippen LogP contribution >= 0.6 is 39.1 Å². The van der Waals surface area contributed by atoms with Gasteiger partial charge in [0.25, 0.3) is 0 Å². The van der Waals surface area contributed by atoms with Gasteiger partial charge in [-0.25, -0.2) is 0 Å². The highest BCUT2D eigenvalue weighted by Crippen LogP contribution is 2.33. The van der Waals surface area contributed by atoms with E-state index in [9.17, 15) is 0 Å². The number of halogens is 3. The van der Waals surface area contributed by atoms with Crippen LogP contribution in [-0.4, -0.2) is 0 Å². The molecule has 3 heteroatoms. The van der Waals surface area contributed by atoms with Gasteiger partial charge in [-0.3, -0.25) is 0 Å². The summed E-state index contributed by atoms with van der Waals surface area (Å²) >= 11 is 15.8. The molecule has 2 rings (SSSR count). The highest BCUT2D eigenvalue weighted by atomic mass is 79.9. The molecule has 0 aliphatic heterocycles. The molecule has 0 nitrogen and oxygen atoms in total. The molecule has 0 aliphatic rings. The summed E-state index contributed by atoms with van der Waals surface area (Å²) < 4.78 is 1.02. The summed E-state index contributed by atoms with van der Waals surface area (Å²) in [4.78, 5) is 0. The molecule has 1 atom stereocenters. The Hall–Kier alpha value is -0.500. The highest BCUT2D eigenvalue weighted by molar-refractivity contribution is 9.10. The summed E-state index contributed by atoms with van der Waals surface area (Å²) in [6.45, 7) is 0. The second-order valence-corrected chi connectivity index (χ2v) is 5.16. The lowest BCUT2D eigenvalue weighted by molar-refractivity contribution is 1.13. The normalized spacial score (nSPS) is 12.4. The van der Waals surface area contributed by atoms with Gasteiger partial charge in [-0.1, -0.05) is 57.9 Å². The van der Waals surface area contributed by atoms with Gasteiger partial charge in [-0.05, 0) is 29.3 Å². The molecule has 0 N–H and O–H groups in total. The van der Waals surface area contributed by atoms with Crippen molar-refractivity contribution in [2.45, 2.75) is 5.38 Å². The maximum Gasteiger partial charge on any atom is 0.0846 e. The monoisotopic (exact) mass is 314 g/mol. The van der Waals surface area contributed by atoms with Crippen molar-refractivity contribution in [3.05, 3.63) is 69.2 Å². The standard InChI is InChI=1S/C13H9BrCl2/c14-12-4-2-1-3-11(12)13(16)9-5-7-10(15)8-6-9/h1-8,13H. The summed E-state index contributed by atoms with van der Waals surface area (Å²) in [5.74, 6) is 0. The fourth-order valence-corrected chi connectivity index (χ4v) is 2.60. The minimum atomic E-state index is -0.159. The van der Waals surface area contributed by atoms with Crippen LogP contribution in [0.4, 0.5) is 0 Å². The van der Waals surface area contributed by atoms with E-state index in [1.54, 1.807) is 0 Å². The number of hydrogen-bond acceptors (Lipinski definition) is 0. The number of benzene rings is 2. The van der Waals surface area contributed by atoms with Gasteiger partial charge in [-0.2, -0.15) is 0 Å². The Balaban J connectivity index is 2.35. The Bertz CT molecular complexity index is 480. The number of hydrogen-bond donors (Lipinski definition) is 0. The first kappa shape index (κ1) is 12.0. The Kier molecular flexibility index (Phi) is 3.91. The van der Waals surface area contributed by atoms with Crippen LogP contribution in [0.5, 0.6) is 0 Å². The van der Waals surface area contributed by atoms with Gasteiger partial charge >= 0.3 is 0 Å². The van der Waals surface area contributed by atoms with Crippen molar-refractivity contribution in [1.29, 1.82) is 0 Å². The molecule has 82 valence electrons. The molecule has 2 aromatic rings. The first-order valence-corrected chi connectivity index (χ1v) is 6.43. The summed E-state index contributed by atoms with van der Waals surface area (Å²) in [7, 11) is 0. The summed E-state index contributed by atoms with van der Waals surface area (Å²) in [5.41, 5.74) is 2.10. The van der Waals surface area contributed by atoms with E-state index < -0.39 is 0 Å². The fraction of sp³-hybridized carbons (Fsp3) is 0.0769. The van der Waals surface area contributed by atoms with E-state index >= 15 is 0 Å². The molecule has 1 unspecified atom stereocenters. The van der Waals surface area contributed by atoms with Gasteiger partial charge in [0.1, 0.15) is 0 Å². The largest absolute Gasteiger partial charge is 0.113 e. The van der Waals surface area contributed by atoms with Crippen LogP contribution in [0.15, 0.2) is 53.0 Å². The quantitative estimate of drug-likeness (QED) is 0.648. The lowest BCUT2D eigenvalue weighted by Crippen LogP contribution is -1.93. The predicted octanol–water partition coefficient (Wildman–Crippen LogP) is 5.43. The number of alkyl halides is 1. The third-order valence-electron chi connectivity index (χ3n) is 2.34. The molecule has 0 bridgehead atoms. The van der Waals surface area contributed by atoms with E-state index in [-0.39, 0.29) is 5.38 Å². The minimum absolute atomic E-state index is 0.159. The Labute approximate surface area is 113 Å². The molecule has 0 amide bonds. The van der Waals surface area contributed by atoms with E-state index in [0.29, 0.717) is 0 Å². The Morgan fingerprint density at radius 2 is 1.56 bits per heavy atom. The molecule has 0 radical (unpaired) electrons. The molecule has 2 aromatic carbocycles. The maximum absolute atomic E-state index is 6.42. The lowest BCUT2D eigenvalue weighted by Gasteiger charge is -2.12. The second-order valence-electron chi connectivity index (χ2n) is 3.44. The SMILES string of the molecule is Clc1ccc(C(Cl)c2ccccc2Br)cc1. The van der Waals surface area contributed by atoms with Crippen molar-refractivity contribution in [1.82, 2.24) is 0 Å². The molecule has 0 aliphatic carbocycles. The van der Waals surface area contributed by atoms with E-state index in [1.807, 2.05) is 48.5 Å². The molecule has 0 saturated heterocycles. The molecular formula is C13H9BrCl2. The predicted molar refractivity (Wildman–Crippen MR) is 73.3 cm³/mol. The zero-order valence-electron chi connectivity index (χ0n) is 8.33. The first-order chi connectivity index (χ1) is 7.68. The highest BCUT2D eigenvalue weighted by Gasteiger charge is 2.12. The molecule has 0 saturated carbocycles. The topological polar surface area (TPSA) is 0 Å². The van der Waals surface area contributed by atoms with Gasteiger partial charge in [0.2, 0.25) is 0 Å². The smallest absolute Gasteiger partial charge is 0.0846 e. The summed E-state index contributed by atoms with van der Waals surface area (Å²) in [5, 5.41) is 0.563. The van der Waals surface area contributed by atoms with Gasteiger partial charge in [-0.15, -0.1) is 11.6 Å². The molecule has 16 heavy (non-hydrogen) atoms. The van der Waals surface area contributed by atoms with Crippen molar-refractivity contribution in [2.24, 2.45) is 0 Å². The van der Waals surface area contributed by atoms with Crippen LogP contribution in [0.2, 0.25) is 5.02 Å². The fourth-order valence-electron chi connectivity index (χ4n) is 1.49. The third-order valence-corrected chi connectivity index (χ3v) is 3.80. The number of rotatable bonds is 2. The van der Waals surface area contributed by atoms with Crippen LogP contribution in [0.1, 0.15) is 16.5 Å². The van der Waals surface area contributed by atoms with Crippen LogP contribution in [0.3, 0.4) is 0 Å². The summed E-state index contributed by atoms with van der Waals surface area (Å²) in [6.07, 6.45) is 0.